The number of non-ortho nitro benzene ring substituents is 1. The number of amides is 2. The summed E-state index contributed by atoms with van der Waals surface area (Å²) >= 11 is 2.74. The number of aryl methyl sites for hydroxylation is 1. The topological polar surface area (TPSA) is 158 Å². The summed E-state index contributed by atoms with van der Waals surface area (Å²) in [7, 11) is 0. The average molecular weight is 627 g/mol. The second kappa shape index (κ2) is 13.7. The normalized spacial score (nSPS) is 15.5. The smallest absolute Gasteiger partial charge is 0.341 e. The first-order chi connectivity index (χ1) is 20.8. The lowest BCUT2D eigenvalue weighted by Crippen LogP contribution is -2.27. The van der Waals surface area contributed by atoms with Gasteiger partial charge < -0.3 is 19.9 Å². The monoisotopic (exact) mass is 626 g/mol. The SMILES string of the molecule is CCOC(=O)c1c(NC(=O)[C@@H](C)Sc2nnc(CNC(=O)c3ccc([N+](=O)[O-])cc3)n2C2CCCCC2)sc2c1CCC2. The molecule has 2 N–H and O–H groups in total. The summed E-state index contributed by atoms with van der Waals surface area (Å²) < 4.78 is 7.33. The van der Waals surface area contributed by atoms with Crippen molar-refractivity contribution >= 4 is 51.6 Å². The van der Waals surface area contributed by atoms with E-state index in [1.807, 2.05) is 4.57 Å². The molecule has 0 spiro atoms. The number of carbonyl (C=O) groups excluding carboxylic acids is 3. The molecule has 2 amide bonds. The van der Waals surface area contributed by atoms with E-state index in [4.69, 9.17) is 4.74 Å². The third-order valence-electron chi connectivity index (χ3n) is 7.71. The maximum Gasteiger partial charge on any atom is 0.341 e. The van der Waals surface area contributed by atoms with Crippen LogP contribution in [0.25, 0.3) is 0 Å². The molecule has 0 aliphatic heterocycles. The van der Waals surface area contributed by atoms with E-state index in [-0.39, 0.29) is 36.7 Å². The Morgan fingerprint density at radius 3 is 2.58 bits per heavy atom. The quantitative estimate of drug-likeness (QED) is 0.122. The van der Waals surface area contributed by atoms with Crippen molar-refractivity contribution in [2.45, 2.75) is 88.2 Å². The third kappa shape index (κ3) is 6.90. The number of rotatable bonds is 11. The lowest BCUT2D eigenvalue weighted by Gasteiger charge is -2.26. The number of nitro groups is 1. The van der Waals surface area contributed by atoms with Crippen LogP contribution < -0.4 is 10.6 Å². The van der Waals surface area contributed by atoms with Gasteiger partial charge in [-0.1, -0.05) is 31.0 Å². The van der Waals surface area contributed by atoms with Gasteiger partial charge in [0.2, 0.25) is 5.91 Å². The van der Waals surface area contributed by atoms with Crippen LogP contribution in [-0.2, 0) is 28.9 Å². The van der Waals surface area contributed by atoms with Crippen LogP contribution in [0.15, 0.2) is 29.4 Å². The van der Waals surface area contributed by atoms with Crippen molar-refractivity contribution in [1.82, 2.24) is 20.1 Å². The molecule has 43 heavy (non-hydrogen) atoms. The Hall–Kier alpha value is -3.78. The number of fused-ring (bicyclic) bond motifs is 1. The molecule has 0 unspecified atom stereocenters. The number of thiophene rings is 1. The summed E-state index contributed by atoms with van der Waals surface area (Å²) in [4.78, 5) is 50.4. The number of nitrogens with zero attached hydrogens (tertiary/aromatic N) is 4. The van der Waals surface area contributed by atoms with Gasteiger partial charge in [-0.05, 0) is 63.6 Å². The Morgan fingerprint density at radius 2 is 1.88 bits per heavy atom. The van der Waals surface area contributed by atoms with Crippen molar-refractivity contribution in [3.8, 4) is 0 Å². The molecule has 1 saturated carbocycles. The van der Waals surface area contributed by atoms with Gasteiger partial charge in [-0.3, -0.25) is 19.7 Å². The maximum absolute atomic E-state index is 13.4. The van der Waals surface area contributed by atoms with Crippen LogP contribution in [0.2, 0.25) is 0 Å². The van der Waals surface area contributed by atoms with Crippen molar-refractivity contribution < 1.29 is 24.0 Å². The zero-order chi connectivity index (χ0) is 30.5. The van der Waals surface area contributed by atoms with Crippen molar-refractivity contribution in [2.24, 2.45) is 0 Å². The minimum absolute atomic E-state index is 0.0892. The molecular weight excluding hydrogens is 592 g/mol. The summed E-state index contributed by atoms with van der Waals surface area (Å²) in [6.45, 7) is 3.93. The number of esters is 1. The molecule has 0 radical (unpaired) electrons. The summed E-state index contributed by atoms with van der Waals surface area (Å²) in [5.74, 6) is -0.455. The predicted octanol–water partition coefficient (Wildman–Crippen LogP) is 5.47. The molecule has 3 aromatic rings. The van der Waals surface area contributed by atoms with E-state index >= 15 is 0 Å². The number of hydrogen-bond acceptors (Lipinski definition) is 10. The van der Waals surface area contributed by atoms with E-state index < -0.39 is 16.1 Å². The summed E-state index contributed by atoms with van der Waals surface area (Å²) in [6.07, 6.45) is 7.85. The molecule has 2 aliphatic carbocycles. The Labute approximate surface area is 257 Å². The van der Waals surface area contributed by atoms with Gasteiger partial charge in [0.25, 0.3) is 11.6 Å². The number of anilines is 1. The molecule has 1 aromatic carbocycles. The van der Waals surface area contributed by atoms with E-state index in [1.54, 1.807) is 13.8 Å². The number of thioether (sulfide) groups is 1. The molecule has 5 rings (SSSR count). The number of ether oxygens (including phenoxy) is 1. The van der Waals surface area contributed by atoms with Crippen LogP contribution in [0.3, 0.4) is 0 Å². The largest absolute Gasteiger partial charge is 0.462 e. The van der Waals surface area contributed by atoms with Gasteiger partial charge in [0, 0.05) is 28.6 Å². The Kier molecular flexibility index (Phi) is 9.76. The van der Waals surface area contributed by atoms with Gasteiger partial charge in [-0.25, -0.2) is 4.79 Å². The molecule has 2 heterocycles. The standard InChI is InChI=1S/C29H34N6O6S2/c1-3-41-28(38)24-21-10-7-11-22(21)43-27(24)31-25(36)17(2)42-29-33-32-23(34(29)19-8-5-4-6-9-19)16-30-26(37)18-12-14-20(15-13-18)35(39)40/h12-15,17,19H,3-11,16H2,1-2H3,(H,30,37)(H,31,36)/t17-/m1/s1. The number of hydrogen-bond donors (Lipinski definition) is 2. The second-order valence-electron chi connectivity index (χ2n) is 10.6. The second-order valence-corrected chi connectivity index (χ2v) is 13.0. The fourth-order valence-electron chi connectivity index (χ4n) is 5.55. The molecular formula is C29H34N6O6S2. The number of benzene rings is 1. The minimum atomic E-state index is -0.541. The fourth-order valence-corrected chi connectivity index (χ4v) is 7.77. The highest BCUT2D eigenvalue weighted by Crippen LogP contribution is 2.40. The first-order valence-corrected chi connectivity index (χ1v) is 16.2. The van der Waals surface area contributed by atoms with Crippen molar-refractivity contribution in [1.29, 1.82) is 0 Å². The summed E-state index contributed by atoms with van der Waals surface area (Å²) in [5.41, 5.74) is 1.67. The van der Waals surface area contributed by atoms with Gasteiger partial charge in [0.1, 0.15) is 5.00 Å². The van der Waals surface area contributed by atoms with Crippen molar-refractivity contribution in [3.05, 3.63) is 61.8 Å². The molecule has 2 aliphatic rings. The molecule has 12 nitrogen and oxygen atoms in total. The summed E-state index contributed by atoms with van der Waals surface area (Å²) in [6, 6.07) is 5.55. The number of nitro benzene ring substituents is 1. The minimum Gasteiger partial charge on any atom is -0.462 e. The average Bonchev–Trinajstić information content (AvgIpc) is 3.71. The van der Waals surface area contributed by atoms with Gasteiger partial charge in [-0.15, -0.1) is 21.5 Å². The van der Waals surface area contributed by atoms with Crippen molar-refractivity contribution in [3.63, 3.8) is 0 Å². The number of nitrogens with one attached hydrogen (secondary N) is 2. The van der Waals surface area contributed by atoms with Crippen LogP contribution >= 0.6 is 23.1 Å². The molecule has 228 valence electrons. The first-order valence-electron chi connectivity index (χ1n) is 14.5. The van der Waals surface area contributed by atoms with E-state index in [0.717, 1.165) is 61.8 Å². The Bertz CT molecular complexity index is 1510. The highest BCUT2D eigenvalue weighted by molar-refractivity contribution is 8.00. The van der Waals surface area contributed by atoms with E-state index in [9.17, 15) is 24.5 Å². The lowest BCUT2D eigenvalue weighted by atomic mass is 9.95. The zero-order valence-electron chi connectivity index (χ0n) is 24.1. The third-order valence-corrected chi connectivity index (χ3v) is 9.98. The predicted molar refractivity (Wildman–Crippen MR) is 163 cm³/mol. The highest BCUT2D eigenvalue weighted by Gasteiger charge is 2.31. The molecule has 0 bridgehead atoms. The molecule has 1 atom stereocenters. The highest BCUT2D eigenvalue weighted by atomic mass is 32.2. The molecule has 0 saturated heterocycles. The fraction of sp³-hybridized carbons (Fsp3) is 0.483. The lowest BCUT2D eigenvalue weighted by molar-refractivity contribution is -0.384. The Balaban J connectivity index is 1.30. The van der Waals surface area contributed by atoms with Crippen LogP contribution in [0.5, 0.6) is 0 Å². The van der Waals surface area contributed by atoms with Gasteiger partial charge in [0.05, 0.1) is 28.9 Å². The Morgan fingerprint density at radius 1 is 1.14 bits per heavy atom. The van der Waals surface area contributed by atoms with E-state index in [1.165, 1.54) is 47.4 Å². The number of aromatic nitrogens is 3. The van der Waals surface area contributed by atoms with Crippen LogP contribution in [0.1, 0.15) is 95.4 Å². The van der Waals surface area contributed by atoms with Gasteiger partial charge in [0.15, 0.2) is 11.0 Å². The summed E-state index contributed by atoms with van der Waals surface area (Å²) in [5, 5.41) is 26.1. The maximum atomic E-state index is 13.4. The molecule has 1 fully saturated rings. The van der Waals surface area contributed by atoms with E-state index in [2.05, 4.69) is 20.8 Å². The van der Waals surface area contributed by atoms with Crippen LogP contribution in [0, 0.1) is 10.1 Å². The molecule has 2 aromatic heterocycles. The molecule has 14 heteroatoms. The van der Waals surface area contributed by atoms with Gasteiger partial charge in [-0.2, -0.15) is 0 Å². The van der Waals surface area contributed by atoms with Gasteiger partial charge >= 0.3 is 5.97 Å². The number of carbonyl (C=O) groups is 3. The van der Waals surface area contributed by atoms with Crippen LogP contribution in [-0.4, -0.2) is 49.3 Å². The van der Waals surface area contributed by atoms with Crippen LogP contribution in [0.4, 0.5) is 10.7 Å². The first kappa shape index (κ1) is 30.7. The zero-order valence-corrected chi connectivity index (χ0v) is 25.7. The van der Waals surface area contributed by atoms with Crippen molar-refractivity contribution in [2.75, 3.05) is 11.9 Å². The van der Waals surface area contributed by atoms with E-state index in [0.29, 0.717) is 27.1 Å².